The van der Waals surface area contributed by atoms with Crippen molar-refractivity contribution in [2.75, 3.05) is 6.61 Å². The van der Waals surface area contributed by atoms with Gasteiger partial charge in [-0.2, -0.15) is 0 Å². The predicted molar refractivity (Wildman–Crippen MR) is 42.6 cm³/mol. The summed E-state index contributed by atoms with van der Waals surface area (Å²) >= 11 is 0. The van der Waals surface area contributed by atoms with Gasteiger partial charge in [0.2, 0.25) is 0 Å². The molecule has 0 rings (SSSR count). The fourth-order valence-corrected chi connectivity index (χ4v) is 1.12. The number of hydrogen-bond acceptors (Lipinski definition) is 3. The van der Waals surface area contributed by atoms with Crippen LogP contribution in [0.5, 0.6) is 0 Å². The van der Waals surface area contributed by atoms with Gasteiger partial charge in [0, 0.05) is 6.61 Å². The van der Waals surface area contributed by atoms with Gasteiger partial charge in [-0.05, 0) is 13.3 Å². The molecule has 0 aromatic heterocycles. The van der Waals surface area contributed by atoms with Crippen molar-refractivity contribution in [3.05, 3.63) is 0 Å². The molecule has 11 heavy (non-hydrogen) atoms. The van der Waals surface area contributed by atoms with E-state index in [0.29, 0.717) is 13.0 Å². The summed E-state index contributed by atoms with van der Waals surface area (Å²) in [6, 6.07) is 0. The zero-order valence-corrected chi connectivity index (χ0v) is 7.87. The lowest BCUT2D eigenvalue weighted by Crippen LogP contribution is -2.13. The molecule has 0 heterocycles. The smallest absolute Gasteiger partial charge is 0.318 e. The van der Waals surface area contributed by atoms with Crippen molar-refractivity contribution in [3.8, 4) is 0 Å². The van der Waals surface area contributed by atoms with E-state index in [1.54, 1.807) is 0 Å². The van der Waals surface area contributed by atoms with Crippen molar-refractivity contribution in [2.24, 2.45) is 0 Å². The maximum Gasteiger partial charge on any atom is 0.318 e. The molecule has 1 N–H and O–H groups in total. The molecule has 0 saturated carbocycles. The minimum absolute atomic E-state index is 0.500. The van der Waals surface area contributed by atoms with Crippen molar-refractivity contribution < 1.29 is 18.7 Å². The molecule has 4 nitrogen and oxygen atoms in total. The van der Waals surface area contributed by atoms with Gasteiger partial charge in [-0.15, -0.1) is 0 Å². The van der Waals surface area contributed by atoms with E-state index < -0.39 is 14.5 Å². The molecular formula is C6H15O4P. The highest BCUT2D eigenvalue weighted by Gasteiger charge is 2.08. The van der Waals surface area contributed by atoms with E-state index in [2.05, 4.69) is 4.52 Å². The zero-order valence-electron chi connectivity index (χ0n) is 6.87. The molecule has 0 radical (unpaired) electrons. The molecule has 0 spiro atoms. The van der Waals surface area contributed by atoms with E-state index in [4.69, 9.17) is 9.63 Å². The molecule has 2 atom stereocenters. The highest BCUT2D eigenvalue weighted by Crippen LogP contribution is 2.21. The lowest BCUT2D eigenvalue weighted by Gasteiger charge is -2.13. The Kier molecular flexibility index (Phi) is 6.87. The van der Waals surface area contributed by atoms with Crippen LogP contribution in [-0.2, 0) is 13.8 Å². The number of ether oxygens (including phenoxy) is 1. The first-order valence-electron chi connectivity index (χ1n) is 3.71. The van der Waals surface area contributed by atoms with Gasteiger partial charge in [-0.1, -0.05) is 13.3 Å². The van der Waals surface area contributed by atoms with Gasteiger partial charge in [0.25, 0.3) is 0 Å². The van der Waals surface area contributed by atoms with Crippen molar-refractivity contribution in [1.82, 2.24) is 0 Å². The monoisotopic (exact) mass is 182 g/mol. The van der Waals surface area contributed by atoms with Gasteiger partial charge >= 0.3 is 8.25 Å². The molecule has 0 fully saturated rings. The van der Waals surface area contributed by atoms with Crippen LogP contribution in [0.2, 0.25) is 0 Å². The molecule has 5 heteroatoms. The van der Waals surface area contributed by atoms with E-state index in [0.717, 1.165) is 6.42 Å². The first-order chi connectivity index (χ1) is 5.20. The van der Waals surface area contributed by atoms with Gasteiger partial charge in [0.1, 0.15) is 0 Å². The maximum atomic E-state index is 10.2. The van der Waals surface area contributed by atoms with Crippen molar-refractivity contribution >= 4 is 8.25 Å². The molecule has 0 aromatic carbocycles. The Hall–Kier alpha value is 0.110. The van der Waals surface area contributed by atoms with E-state index >= 15 is 0 Å². The Labute approximate surface area is 67.5 Å². The van der Waals surface area contributed by atoms with Crippen LogP contribution in [0.3, 0.4) is 0 Å². The second-order valence-corrected chi connectivity index (χ2v) is 2.82. The van der Waals surface area contributed by atoms with Crippen molar-refractivity contribution in [3.63, 3.8) is 0 Å². The Bertz CT molecular complexity index is 111. The average molecular weight is 182 g/mol. The zero-order chi connectivity index (χ0) is 8.69. The molecule has 0 saturated heterocycles. The summed E-state index contributed by atoms with van der Waals surface area (Å²) < 4.78 is 19.9. The standard InChI is InChI=1S/C6H15O4P/c1-3-5-6(9-4-2)10-11(7)8/h6,11H,3-5H2,1-2H3,(H,7,8). The van der Waals surface area contributed by atoms with Gasteiger partial charge in [0.15, 0.2) is 6.29 Å². The van der Waals surface area contributed by atoms with Gasteiger partial charge in [-0.25, -0.2) is 0 Å². The van der Waals surface area contributed by atoms with Crippen molar-refractivity contribution in [2.45, 2.75) is 33.0 Å². The van der Waals surface area contributed by atoms with Crippen LogP contribution < -0.4 is 0 Å². The molecular weight excluding hydrogens is 167 g/mol. The Morgan fingerprint density at radius 1 is 1.55 bits per heavy atom. The average Bonchev–Trinajstić information content (AvgIpc) is 1.87. The van der Waals surface area contributed by atoms with Gasteiger partial charge < -0.3 is 9.63 Å². The van der Waals surface area contributed by atoms with Crippen LogP contribution in [0.25, 0.3) is 0 Å². The third-order valence-electron chi connectivity index (χ3n) is 1.11. The van der Waals surface area contributed by atoms with Crippen LogP contribution in [0.4, 0.5) is 0 Å². The third kappa shape index (κ3) is 6.51. The highest BCUT2D eigenvalue weighted by atomic mass is 31.1. The molecule has 2 unspecified atom stereocenters. The molecule has 0 aliphatic rings. The SMILES string of the molecule is CCCC(OCC)O[PH](=O)O. The van der Waals surface area contributed by atoms with E-state index in [9.17, 15) is 4.57 Å². The van der Waals surface area contributed by atoms with Crippen LogP contribution in [0, 0.1) is 0 Å². The Morgan fingerprint density at radius 3 is 2.55 bits per heavy atom. The lowest BCUT2D eigenvalue weighted by atomic mass is 10.3. The summed E-state index contributed by atoms with van der Waals surface area (Å²) in [6.07, 6.45) is 1.02. The molecule has 68 valence electrons. The Balaban J connectivity index is 3.59. The molecule has 0 aliphatic heterocycles. The largest absolute Gasteiger partial charge is 0.352 e. The summed E-state index contributed by atoms with van der Waals surface area (Å²) in [5.41, 5.74) is 0. The molecule has 0 bridgehead atoms. The second-order valence-electron chi connectivity index (χ2n) is 2.06. The third-order valence-corrected chi connectivity index (χ3v) is 1.57. The minimum atomic E-state index is -2.85. The first-order valence-corrected chi connectivity index (χ1v) is 4.98. The second kappa shape index (κ2) is 6.80. The first kappa shape index (κ1) is 11.1. The fraction of sp³-hybridized carbons (Fsp3) is 1.00. The quantitative estimate of drug-likeness (QED) is 0.500. The van der Waals surface area contributed by atoms with Gasteiger partial charge in [-0.3, -0.25) is 9.09 Å². The predicted octanol–water partition coefficient (Wildman–Crippen LogP) is 1.55. The number of rotatable bonds is 6. The minimum Gasteiger partial charge on any atom is -0.352 e. The molecule has 0 aromatic rings. The van der Waals surface area contributed by atoms with Crippen LogP contribution >= 0.6 is 8.25 Å². The van der Waals surface area contributed by atoms with Crippen LogP contribution in [-0.4, -0.2) is 17.8 Å². The molecule has 0 aliphatic carbocycles. The van der Waals surface area contributed by atoms with E-state index in [1.807, 2.05) is 13.8 Å². The van der Waals surface area contributed by atoms with E-state index in [-0.39, 0.29) is 0 Å². The summed E-state index contributed by atoms with van der Waals surface area (Å²) in [5.74, 6) is 0. The van der Waals surface area contributed by atoms with Crippen LogP contribution in [0.15, 0.2) is 0 Å². The van der Waals surface area contributed by atoms with Crippen LogP contribution in [0.1, 0.15) is 26.7 Å². The summed E-state index contributed by atoms with van der Waals surface area (Å²) in [4.78, 5) is 8.42. The number of hydrogen-bond donors (Lipinski definition) is 1. The summed E-state index contributed by atoms with van der Waals surface area (Å²) in [5, 5.41) is 0. The van der Waals surface area contributed by atoms with E-state index in [1.165, 1.54) is 0 Å². The molecule has 0 amide bonds. The van der Waals surface area contributed by atoms with Crippen molar-refractivity contribution in [1.29, 1.82) is 0 Å². The summed E-state index contributed by atoms with van der Waals surface area (Å²) in [6.45, 7) is 4.28. The maximum absolute atomic E-state index is 10.2. The lowest BCUT2D eigenvalue weighted by molar-refractivity contribution is -0.0804. The fourth-order valence-electron chi connectivity index (χ4n) is 0.710. The highest BCUT2D eigenvalue weighted by molar-refractivity contribution is 7.32. The topological polar surface area (TPSA) is 55.8 Å². The van der Waals surface area contributed by atoms with Gasteiger partial charge in [0.05, 0.1) is 0 Å². The Morgan fingerprint density at radius 2 is 2.18 bits per heavy atom. The normalized spacial score (nSPS) is 16.3. The summed E-state index contributed by atoms with van der Waals surface area (Å²) in [7, 11) is -2.85.